The van der Waals surface area contributed by atoms with Gasteiger partial charge in [-0.1, -0.05) is 11.6 Å². The van der Waals surface area contributed by atoms with Crippen molar-refractivity contribution in [1.29, 1.82) is 0 Å². The largest absolute Gasteiger partial charge is 0.496 e. The number of benzene rings is 1. The van der Waals surface area contributed by atoms with Crippen molar-refractivity contribution < 1.29 is 14.3 Å². The summed E-state index contributed by atoms with van der Waals surface area (Å²) in [5.41, 5.74) is 2.04. The number of methoxy groups -OCH3 is 2. The van der Waals surface area contributed by atoms with Crippen molar-refractivity contribution in [3.05, 3.63) is 21.7 Å². The summed E-state index contributed by atoms with van der Waals surface area (Å²) in [5, 5.41) is 0.534. The number of nitrogens with zero attached hydrogens (tertiary/aromatic N) is 1. The first-order valence-electron chi connectivity index (χ1n) is 6.02. The zero-order chi connectivity index (χ0) is 14.2. The molecule has 0 aliphatic heterocycles. The highest BCUT2D eigenvalue weighted by atomic mass is 35.5. The summed E-state index contributed by atoms with van der Waals surface area (Å²) in [6.07, 6.45) is 3.28. The average molecular weight is 282 g/mol. The van der Waals surface area contributed by atoms with Gasteiger partial charge in [-0.2, -0.15) is 4.99 Å². The van der Waals surface area contributed by atoms with E-state index in [0.29, 0.717) is 16.5 Å². The zero-order valence-electron chi connectivity index (χ0n) is 11.5. The predicted molar refractivity (Wildman–Crippen MR) is 73.1 cm³/mol. The lowest BCUT2D eigenvalue weighted by Gasteiger charge is -2.22. The SMILES string of the molecule is COc1c(C)c(C2(N=C=O)CC2)c(OC)c(C)c1Cl. The number of hydrogen-bond donors (Lipinski definition) is 0. The van der Waals surface area contributed by atoms with Gasteiger partial charge < -0.3 is 9.47 Å². The van der Waals surface area contributed by atoms with Gasteiger partial charge in [0.15, 0.2) is 0 Å². The Morgan fingerprint density at radius 2 is 1.74 bits per heavy atom. The summed E-state index contributed by atoms with van der Waals surface area (Å²) in [6, 6.07) is 0. The van der Waals surface area contributed by atoms with Gasteiger partial charge in [0.1, 0.15) is 17.0 Å². The second-order valence-corrected chi connectivity index (χ2v) is 5.12. The van der Waals surface area contributed by atoms with Crippen molar-refractivity contribution >= 4 is 17.7 Å². The van der Waals surface area contributed by atoms with Crippen molar-refractivity contribution in [3.8, 4) is 11.5 Å². The van der Waals surface area contributed by atoms with Gasteiger partial charge in [-0.15, -0.1) is 0 Å². The third-order valence-electron chi connectivity index (χ3n) is 3.67. The molecule has 1 saturated carbocycles. The molecule has 1 aromatic rings. The molecule has 0 atom stereocenters. The first-order chi connectivity index (χ1) is 9.02. The van der Waals surface area contributed by atoms with E-state index in [1.54, 1.807) is 20.3 Å². The Hall–Kier alpha value is -1.51. The molecule has 0 saturated heterocycles. The van der Waals surface area contributed by atoms with Crippen LogP contribution in [0, 0.1) is 13.8 Å². The normalized spacial score (nSPS) is 15.6. The van der Waals surface area contributed by atoms with Crippen LogP contribution in [0.5, 0.6) is 11.5 Å². The Kier molecular flexibility index (Phi) is 3.57. The van der Waals surface area contributed by atoms with E-state index in [9.17, 15) is 4.79 Å². The van der Waals surface area contributed by atoms with Gasteiger partial charge in [0.25, 0.3) is 0 Å². The van der Waals surface area contributed by atoms with Crippen LogP contribution in [-0.4, -0.2) is 20.3 Å². The van der Waals surface area contributed by atoms with E-state index in [1.165, 1.54) is 0 Å². The lowest BCUT2D eigenvalue weighted by molar-refractivity contribution is 0.388. The second-order valence-electron chi connectivity index (χ2n) is 4.74. The summed E-state index contributed by atoms with van der Waals surface area (Å²) < 4.78 is 10.9. The summed E-state index contributed by atoms with van der Waals surface area (Å²) in [7, 11) is 3.17. The number of carbonyl (C=O) groups excluding carboxylic acids is 1. The van der Waals surface area contributed by atoms with Gasteiger partial charge in [-0.25, -0.2) is 4.79 Å². The molecule has 0 N–H and O–H groups in total. The first kappa shape index (κ1) is 13.9. The van der Waals surface area contributed by atoms with Crippen LogP contribution >= 0.6 is 11.6 Å². The Morgan fingerprint density at radius 1 is 1.16 bits per heavy atom. The first-order valence-corrected chi connectivity index (χ1v) is 6.40. The molecule has 1 aromatic carbocycles. The predicted octanol–water partition coefficient (Wildman–Crippen LogP) is 3.30. The number of aliphatic imine (C=N–C) groups is 1. The number of ether oxygens (including phenoxy) is 2. The molecule has 1 fully saturated rings. The topological polar surface area (TPSA) is 47.9 Å². The Labute approximate surface area is 117 Å². The van der Waals surface area contributed by atoms with Crippen molar-refractivity contribution in [2.24, 2.45) is 4.99 Å². The molecule has 0 aromatic heterocycles. The van der Waals surface area contributed by atoms with E-state index < -0.39 is 5.54 Å². The van der Waals surface area contributed by atoms with Gasteiger partial charge >= 0.3 is 0 Å². The maximum Gasteiger partial charge on any atom is 0.235 e. The van der Waals surface area contributed by atoms with Crippen LogP contribution in [0.15, 0.2) is 4.99 Å². The molecule has 0 amide bonds. The molecule has 4 nitrogen and oxygen atoms in total. The number of hydrogen-bond acceptors (Lipinski definition) is 4. The zero-order valence-corrected chi connectivity index (χ0v) is 12.2. The standard InChI is InChI=1S/C14H16ClNO3/c1-8-10(14(5-6-14)16-7-17)12(18-3)9(2)11(15)13(8)19-4/h5-6H2,1-4H3. The maximum atomic E-state index is 10.7. The molecule has 0 heterocycles. The minimum Gasteiger partial charge on any atom is -0.496 e. The summed E-state index contributed by atoms with van der Waals surface area (Å²) in [5.74, 6) is 1.29. The maximum absolute atomic E-state index is 10.7. The monoisotopic (exact) mass is 281 g/mol. The molecule has 102 valence electrons. The summed E-state index contributed by atoms with van der Waals surface area (Å²) in [6.45, 7) is 3.77. The van der Waals surface area contributed by atoms with E-state index >= 15 is 0 Å². The fraction of sp³-hybridized carbons (Fsp3) is 0.500. The molecular formula is C14H16ClNO3. The number of isocyanates is 1. The molecule has 0 unspecified atom stereocenters. The van der Waals surface area contributed by atoms with Crippen LogP contribution in [-0.2, 0) is 10.3 Å². The van der Waals surface area contributed by atoms with Crippen LogP contribution < -0.4 is 9.47 Å². The van der Waals surface area contributed by atoms with Crippen molar-refractivity contribution in [1.82, 2.24) is 0 Å². The fourth-order valence-corrected chi connectivity index (χ4v) is 2.89. The lowest BCUT2D eigenvalue weighted by atomic mass is 9.94. The molecule has 5 heteroatoms. The molecule has 0 radical (unpaired) electrons. The van der Waals surface area contributed by atoms with Gasteiger partial charge in [-0.05, 0) is 26.7 Å². The third-order valence-corrected chi connectivity index (χ3v) is 4.12. The van der Waals surface area contributed by atoms with Crippen LogP contribution in [0.3, 0.4) is 0 Å². The Balaban J connectivity index is 2.79. The lowest BCUT2D eigenvalue weighted by Crippen LogP contribution is -2.11. The van der Waals surface area contributed by atoms with E-state index in [-0.39, 0.29) is 0 Å². The third kappa shape index (κ3) is 2.01. The minimum absolute atomic E-state index is 0.514. The van der Waals surface area contributed by atoms with E-state index in [1.807, 2.05) is 13.8 Å². The number of halogens is 1. The van der Waals surface area contributed by atoms with Gasteiger partial charge in [0.05, 0.1) is 19.2 Å². The minimum atomic E-state index is -0.514. The molecule has 1 aliphatic rings. The van der Waals surface area contributed by atoms with Crippen LogP contribution in [0.25, 0.3) is 0 Å². The highest BCUT2D eigenvalue weighted by Gasteiger charge is 2.49. The van der Waals surface area contributed by atoms with Gasteiger partial charge in [-0.3, -0.25) is 0 Å². The van der Waals surface area contributed by atoms with Crippen molar-refractivity contribution in [2.75, 3.05) is 14.2 Å². The van der Waals surface area contributed by atoms with Crippen LogP contribution in [0.4, 0.5) is 0 Å². The van der Waals surface area contributed by atoms with Crippen LogP contribution in [0.2, 0.25) is 5.02 Å². The van der Waals surface area contributed by atoms with E-state index in [0.717, 1.165) is 29.5 Å². The highest BCUT2D eigenvalue weighted by Crippen LogP contribution is 2.56. The Bertz CT molecular complexity index is 573. The van der Waals surface area contributed by atoms with Gasteiger partial charge in [0, 0.05) is 16.7 Å². The van der Waals surface area contributed by atoms with Crippen molar-refractivity contribution in [2.45, 2.75) is 32.2 Å². The molecule has 19 heavy (non-hydrogen) atoms. The molecular weight excluding hydrogens is 266 g/mol. The fourth-order valence-electron chi connectivity index (χ4n) is 2.59. The smallest absolute Gasteiger partial charge is 0.235 e. The van der Waals surface area contributed by atoms with E-state index in [2.05, 4.69) is 4.99 Å². The van der Waals surface area contributed by atoms with Crippen LogP contribution in [0.1, 0.15) is 29.5 Å². The average Bonchev–Trinajstić information content (AvgIpc) is 3.15. The Morgan fingerprint density at radius 3 is 2.16 bits per heavy atom. The molecule has 0 bridgehead atoms. The summed E-state index contributed by atoms with van der Waals surface area (Å²) in [4.78, 5) is 14.6. The highest BCUT2D eigenvalue weighted by molar-refractivity contribution is 6.33. The number of rotatable bonds is 4. The molecule has 0 spiro atoms. The van der Waals surface area contributed by atoms with Crippen molar-refractivity contribution in [3.63, 3.8) is 0 Å². The second kappa shape index (κ2) is 4.87. The van der Waals surface area contributed by atoms with Gasteiger partial charge in [0.2, 0.25) is 6.08 Å². The quantitative estimate of drug-likeness (QED) is 0.628. The van der Waals surface area contributed by atoms with E-state index in [4.69, 9.17) is 21.1 Å². The molecule has 2 rings (SSSR count). The molecule has 1 aliphatic carbocycles. The summed E-state index contributed by atoms with van der Waals surface area (Å²) >= 11 is 6.29.